The van der Waals surface area contributed by atoms with Crippen LogP contribution in [0.1, 0.15) is 24.8 Å². The first-order chi connectivity index (χ1) is 12.1. The SMILES string of the molecule is COc1ccc(CCC(=O)N[C@H]2C[C@H]3CNC[C@H]3C[C@@H]2O)cc1OC. The largest absolute Gasteiger partial charge is 0.493 e. The topological polar surface area (TPSA) is 79.8 Å². The smallest absolute Gasteiger partial charge is 0.220 e. The fourth-order valence-corrected chi connectivity index (χ4v) is 4.02. The van der Waals surface area contributed by atoms with Crippen molar-refractivity contribution < 1.29 is 19.4 Å². The Morgan fingerprint density at radius 2 is 1.92 bits per heavy atom. The summed E-state index contributed by atoms with van der Waals surface area (Å²) in [6.07, 6.45) is 2.22. The van der Waals surface area contributed by atoms with E-state index in [1.807, 2.05) is 18.2 Å². The van der Waals surface area contributed by atoms with Gasteiger partial charge in [0, 0.05) is 6.42 Å². The van der Waals surface area contributed by atoms with Gasteiger partial charge in [0.25, 0.3) is 0 Å². The molecule has 0 radical (unpaired) electrons. The molecule has 1 saturated heterocycles. The minimum Gasteiger partial charge on any atom is -0.493 e. The minimum atomic E-state index is -0.439. The number of nitrogens with one attached hydrogen (secondary N) is 2. The molecule has 0 spiro atoms. The van der Waals surface area contributed by atoms with Gasteiger partial charge in [-0.25, -0.2) is 0 Å². The molecule has 6 nitrogen and oxygen atoms in total. The van der Waals surface area contributed by atoms with E-state index < -0.39 is 6.10 Å². The molecular weight excluding hydrogens is 320 g/mol. The normalized spacial score (nSPS) is 28.3. The number of rotatable bonds is 6. The number of methoxy groups -OCH3 is 2. The van der Waals surface area contributed by atoms with E-state index in [0.29, 0.717) is 36.2 Å². The van der Waals surface area contributed by atoms with E-state index in [9.17, 15) is 9.90 Å². The molecule has 3 rings (SSSR count). The summed E-state index contributed by atoms with van der Waals surface area (Å²) in [7, 11) is 3.20. The number of ether oxygens (including phenoxy) is 2. The number of aliphatic hydroxyl groups is 1. The molecule has 6 heteroatoms. The average Bonchev–Trinajstić information content (AvgIpc) is 3.07. The van der Waals surface area contributed by atoms with Crippen LogP contribution in [0.25, 0.3) is 0 Å². The maximum Gasteiger partial charge on any atom is 0.220 e. The van der Waals surface area contributed by atoms with Gasteiger partial charge in [0.05, 0.1) is 26.4 Å². The van der Waals surface area contributed by atoms with Crippen molar-refractivity contribution in [2.24, 2.45) is 11.8 Å². The second kappa shape index (κ2) is 8.06. The van der Waals surface area contributed by atoms with Crippen LogP contribution in [-0.4, -0.2) is 50.5 Å². The molecule has 1 amide bonds. The number of carbonyl (C=O) groups excluding carboxylic acids is 1. The van der Waals surface area contributed by atoms with Gasteiger partial charge in [0.2, 0.25) is 5.91 Å². The minimum absolute atomic E-state index is 0.0109. The van der Waals surface area contributed by atoms with Crippen molar-refractivity contribution in [1.82, 2.24) is 10.6 Å². The van der Waals surface area contributed by atoms with E-state index in [4.69, 9.17) is 9.47 Å². The first-order valence-electron chi connectivity index (χ1n) is 8.99. The summed E-state index contributed by atoms with van der Waals surface area (Å²) in [6.45, 7) is 1.98. The first kappa shape index (κ1) is 18.0. The van der Waals surface area contributed by atoms with Crippen LogP contribution in [0.4, 0.5) is 0 Å². The molecule has 0 bridgehead atoms. The Hall–Kier alpha value is -1.79. The fraction of sp³-hybridized carbons (Fsp3) is 0.632. The standard InChI is InChI=1S/C19H28N2O4/c1-24-17-5-3-12(7-18(17)25-2)4-6-19(23)21-15-8-13-10-20-11-14(13)9-16(15)22/h3,5,7,13-16,20,22H,4,6,8-11H2,1-2H3,(H,21,23)/t13-,14+,15-,16-/m0/s1. The summed E-state index contributed by atoms with van der Waals surface area (Å²) in [5, 5.41) is 16.7. The highest BCUT2D eigenvalue weighted by Gasteiger charge is 2.39. The Morgan fingerprint density at radius 1 is 1.20 bits per heavy atom. The Balaban J connectivity index is 1.51. The van der Waals surface area contributed by atoms with E-state index in [2.05, 4.69) is 10.6 Å². The Kier molecular flexibility index (Phi) is 5.81. The summed E-state index contributed by atoms with van der Waals surface area (Å²) in [5.74, 6) is 2.46. The molecule has 0 unspecified atom stereocenters. The predicted octanol–water partition coefficient (Wildman–Crippen LogP) is 1.11. The van der Waals surface area contributed by atoms with Crippen LogP contribution in [0.2, 0.25) is 0 Å². The molecule has 1 saturated carbocycles. The Labute approximate surface area is 148 Å². The molecule has 1 aliphatic heterocycles. The van der Waals surface area contributed by atoms with Crippen molar-refractivity contribution in [3.63, 3.8) is 0 Å². The number of hydrogen-bond donors (Lipinski definition) is 3. The van der Waals surface area contributed by atoms with Gasteiger partial charge >= 0.3 is 0 Å². The monoisotopic (exact) mass is 348 g/mol. The van der Waals surface area contributed by atoms with Crippen LogP contribution >= 0.6 is 0 Å². The lowest BCUT2D eigenvalue weighted by Crippen LogP contribution is -2.49. The zero-order valence-corrected chi connectivity index (χ0v) is 15.0. The number of fused-ring (bicyclic) bond motifs is 1. The Morgan fingerprint density at radius 3 is 2.64 bits per heavy atom. The molecule has 1 heterocycles. The predicted molar refractivity (Wildman–Crippen MR) is 94.9 cm³/mol. The lowest BCUT2D eigenvalue weighted by Gasteiger charge is -2.35. The molecule has 3 N–H and O–H groups in total. The number of hydrogen-bond acceptors (Lipinski definition) is 5. The molecule has 1 aliphatic carbocycles. The lowest BCUT2D eigenvalue weighted by atomic mass is 9.77. The quantitative estimate of drug-likeness (QED) is 0.718. The van der Waals surface area contributed by atoms with E-state index in [-0.39, 0.29) is 11.9 Å². The van der Waals surface area contributed by atoms with Crippen molar-refractivity contribution in [2.75, 3.05) is 27.3 Å². The van der Waals surface area contributed by atoms with Crippen LogP contribution < -0.4 is 20.1 Å². The van der Waals surface area contributed by atoms with E-state index >= 15 is 0 Å². The third-order valence-corrected chi connectivity index (χ3v) is 5.48. The maximum absolute atomic E-state index is 12.3. The Bertz CT molecular complexity index is 607. The van der Waals surface area contributed by atoms with Gasteiger partial charge < -0.3 is 25.2 Å². The van der Waals surface area contributed by atoms with Crippen LogP contribution in [0.5, 0.6) is 11.5 Å². The average molecular weight is 348 g/mol. The van der Waals surface area contributed by atoms with Crippen molar-refractivity contribution in [1.29, 1.82) is 0 Å². The van der Waals surface area contributed by atoms with Crippen LogP contribution in [0.3, 0.4) is 0 Å². The van der Waals surface area contributed by atoms with Crippen LogP contribution in [0, 0.1) is 11.8 Å². The molecule has 1 aromatic carbocycles. The number of aryl methyl sites for hydroxylation is 1. The molecular formula is C19H28N2O4. The molecule has 0 aromatic heterocycles. The van der Waals surface area contributed by atoms with Crippen molar-refractivity contribution >= 4 is 5.91 Å². The molecule has 138 valence electrons. The van der Waals surface area contributed by atoms with Crippen LogP contribution in [-0.2, 0) is 11.2 Å². The second-order valence-electron chi connectivity index (χ2n) is 7.08. The second-order valence-corrected chi connectivity index (χ2v) is 7.08. The zero-order valence-electron chi connectivity index (χ0n) is 15.0. The lowest BCUT2D eigenvalue weighted by molar-refractivity contribution is -0.123. The highest BCUT2D eigenvalue weighted by molar-refractivity contribution is 5.76. The summed E-state index contributed by atoms with van der Waals surface area (Å²) < 4.78 is 10.5. The van der Waals surface area contributed by atoms with Gasteiger partial charge in [-0.1, -0.05) is 6.07 Å². The molecule has 25 heavy (non-hydrogen) atoms. The van der Waals surface area contributed by atoms with Gasteiger partial charge in [-0.3, -0.25) is 4.79 Å². The summed E-state index contributed by atoms with van der Waals surface area (Å²) >= 11 is 0. The highest BCUT2D eigenvalue weighted by atomic mass is 16.5. The van der Waals surface area contributed by atoms with Gasteiger partial charge in [-0.2, -0.15) is 0 Å². The van der Waals surface area contributed by atoms with Crippen molar-refractivity contribution in [3.8, 4) is 11.5 Å². The van der Waals surface area contributed by atoms with Gasteiger partial charge in [0.1, 0.15) is 0 Å². The molecule has 2 fully saturated rings. The summed E-state index contributed by atoms with van der Waals surface area (Å²) in [5.41, 5.74) is 1.03. The van der Waals surface area contributed by atoms with Crippen molar-refractivity contribution in [3.05, 3.63) is 23.8 Å². The van der Waals surface area contributed by atoms with Gasteiger partial charge in [-0.05, 0) is 61.9 Å². The number of aliphatic hydroxyl groups excluding tert-OH is 1. The van der Waals surface area contributed by atoms with Gasteiger partial charge in [-0.15, -0.1) is 0 Å². The zero-order chi connectivity index (χ0) is 17.8. The molecule has 4 atom stereocenters. The maximum atomic E-state index is 12.3. The number of amides is 1. The van der Waals surface area contributed by atoms with E-state index in [0.717, 1.165) is 31.5 Å². The first-order valence-corrected chi connectivity index (χ1v) is 8.99. The third-order valence-electron chi connectivity index (χ3n) is 5.48. The summed E-state index contributed by atoms with van der Waals surface area (Å²) in [6, 6.07) is 5.57. The summed E-state index contributed by atoms with van der Waals surface area (Å²) in [4.78, 5) is 12.3. The van der Waals surface area contributed by atoms with Crippen LogP contribution in [0.15, 0.2) is 18.2 Å². The number of benzene rings is 1. The van der Waals surface area contributed by atoms with Crippen molar-refractivity contribution in [2.45, 2.75) is 37.8 Å². The van der Waals surface area contributed by atoms with E-state index in [1.165, 1.54) is 0 Å². The number of carbonyl (C=O) groups is 1. The molecule has 2 aliphatic rings. The van der Waals surface area contributed by atoms with E-state index in [1.54, 1.807) is 14.2 Å². The molecule has 1 aromatic rings. The fourth-order valence-electron chi connectivity index (χ4n) is 4.02. The highest BCUT2D eigenvalue weighted by Crippen LogP contribution is 2.33. The van der Waals surface area contributed by atoms with Gasteiger partial charge in [0.15, 0.2) is 11.5 Å². The third kappa shape index (κ3) is 4.25.